The highest BCUT2D eigenvalue weighted by molar-refractivity contribution is 6.00. The summed E-state index contributed by atoms with van der Waals surface area (Å²) in [5, 5.41) is 0.392. The maximum absolute atomic E-state index is 16.3. The summed E-state index contributed by atoms with van der Waals surface area (Å²) < 4.78 is 39.1. The lowest BCUT2D eigenvalue weighted by molar-refractivity contribution is 0.258. The van der Waals surface area contributed by atoms with Gasteiger partial charge in [-0.1, -0.05) is 19.9 Å². The van der Waals surface area contributed by atoms with Crippen LogP contribution in [0.2, 0.25) is 0 Å². The summed E-state index contributed by atoms with van der Waals surface area (Å²) in [5.41, 5.74) is 8.05. The molecule has 2 aromatic carbocycles. The molecule has 9 heteroatoms. The minimum atomic E-state index is -0.727. The van der Waals surface area contributed by atoms with E-state index in [-0.39, 0.29) is 41.1 Å². The number of halogens is 2. The molecule has 0 bridgehead atoms. The summed E-state index contributed by atoms with van der Waals surface area (Å²) in [5.74, 6) is -1.04. The number of aromatic nitrogens is 3. The number of benzene rings is 2. The third-order valence-electron chi connectivity index (χ3n) is 7.62. The normalized spacial score (nSPS) is 16.9. The predicted molar refractivity (Wildman–Crippen MR) is 144 cm³/mol. The van der Waals surface area contributed by atoms with E-state index < -0.39 is 17.3 Å². The maximum Gasteiger partial charge on any atom is 0.354 e. The Kier molecular flexibility index (Phi) is 5.81. The first kappa shape index (κ1) is 24.3. The molecule has 0 radical (unpaired) electrons. The molecule has 2 N–H and O–H groups in total. The number of anilines is 2. The van der Waals surface area contributed by atoms with Crippen LogP contribution >= 0.6 is 0 Å². The molecule has 1 fully saturated rings. The van der Waals surface area contributed by atoms with E-state index in [9.17, 15) is 4.79 Å². The van der Waals surface area contributed by atoms with Crippen LogP contribution in [0.4, 0.5) is 20.3 Å². The van der Waals surface area contributed by atoms with Crippen molar-refractivity contribution in [2.45, 2.75) is 52.0 Å². The quantitative estimate of drug-likeness (QED) is 0.362. The van der Waals surface area contributed by atoms with Gasteiger partial charge in [-0.2, -0.15) is 4.98 Å². The minimum absolute atomic E-state index is 0.00784. The van der Waals surface area contributed by atoms with Gasteiger partial charge in [0.1, 0.15) is 18.2 Å². The molecule has 0 spiro atoms. The second-order valence-electron chi connectivity index (χ2n) is 10.4. The second kappa shape index (κ2) is 9.08. The fraction of sp³-hybridized carbons (Fsp3) is 0.345. The molecule has 7 nitrogen and oxygen atoms in total. The SMILES string of the molecule is Cc1ccnc(C(C)C)c1-n1c(=O)nc2c3c(c(F)c(-c4c(N)cccc4F)cc31)OC[C@H]1CCCCN21. The van der Waals surface area contributed by atoms with Crippen LogP contribution in [0.25, 0.3) is 27.7 Å². The van der Waals surface area contributed by atoms with Crippen LogP contribution in [-0.4, -0.2) is 33.7 Å². The molecule has 0 saturated carbocycles. The lowest BCUT2D eigenvalue weighted by atomic mass is 9.98. The molecule has 0 unspecified atom stereocenters. The number of hydrogen-bond donors (Lipinski definition) is 1. The molecule has 196 valence electrons. The molecule has 6 rings (SSSR count). The summed E-state index contributed by atoms with van der Waals surface area (Å²) in [7, 11) is 0. The largest absolute Gasteiger partial charge is 0.487 e. The van der Waals surface area contributed by atoms with Crippen molar-refractivity contribution in [2.75, 3.05) is 23.8 Å². The van der Waals surface area contributed by atoms with E-state index in [1.807, 2.05) is 26.8 Å². The number of aryl methyl sites for hydroxylation is 1. The number of hydrogen-bond acceptors (Lipinski definition) is 6. The smallest absolute Gasteiger partial charge is 0.354 e. The van der Waals surface area contributed by atoms with Crippen LogP contribution in [0.3, 0.4) is 0 Å². The van der Waals surface area contributed by atoms with Gasteiger partial charge in [-0.05, 0) is 61.9 Å². The molecule has 4 heterocycles. The van der Waals surface area contributed by atoms with Gasteiger partial charge in [0.25, 0.3) is 0 Å². The summed E-state index contributed by atoms with van der Waals surface area (Å²) in [6.07, 6.45) is 4.49. The lowest BCUT2D eigenvalue weighted by Crippen LogP contribution is -2.43. The molecule has 2 aliphatic rings. The molecule has 38 heavy (non-hydrogen) atoms. The van der Waals surface area contributed by atoms with Crippen molar-refractivity contribution in [1.29, 1.82) is 0 Å². The van der Waals surface area contributed by atoms with E-state index in [2.05, 4.69) is 14.9 Å². The van der Waals surface area contributed by atoms with Crippen molar-refractivity contribution < 1.29 is 13.5 Å². The first-order chi connectivity index (χ1) is 18.3. The summed E-state index contributed by atoms with van der Waals surface area (Å²) in [6.45, 7) is 6.80. The van der Waals surface area contributed by atoms with Crippen molar-refractivity contribution in [2.24, 2.45) is 0 Å². The van der Waals surface area contributed by atoms with E-state index in [4.69, 9.17) is 10.5 Å². The first-order valence-corrected chi connectivity index (χ1v) is 13.0. The summed E-state index contributed by atoms with van der Waals surface area (Å²) in [4.78, 5) is 25.1. The molecule has 1 atom stereocenters. The van der Waals surface area contributed by atoms with Crippen LogP contribution in [0.5, 0.6) is 5.75 Å². The van der Waals surface area contributed by atoms with Gasteiger partial charge in [-0.25, -0.2) is 13.6 Å². The van der Waals surface area contributed by atoms with Gasteiger partial charge in [0, 0.05) is 29.6 Å². The molecule has 1 saturated heterocycles. The zero-order valence-electron chi connectivity index (χ0n) is 21.6. The molecule has 4 aromatic rings. The highest BCUT2D eigenvalue weighted by atomic mass is 19.1. The minimum Gasteiger partial charge on any atom is -0.487 e. The van der Waals surface area contributed by atoms with Gasteiger partial charge in [-0.3, -0.25) is 9.55 Å². The van der Waals surface area contributed by atoms with Crippen LogP contribution in [-0.2, 0) is 0 Å². The molecular weight excluding hydrogens is 488 g/mol. The Balaban J connectivity index is 1.80. The van der Waals surface area contributed by atoms with Gasteiger partial charge in [-0.15, -0.1) is 0 Å². The summed E-state index contributed by atoms with van der Waals surface area (Å²) in [6, 6.07) is 7.51. The van der Waals surface area contributed by atoms with E-state index in [0.29, 0.717) is 34.6 Å². The molecule has 2 aromatic heterocycles. The van der Waals surface area contributed by atoms with E-state index in [0.717, 1.165) is 24.8 Å². The van der Waals surface area contributed by atoms with Crippen LogP contribution < -0.4 is 21.1 Å². The van der Waals surface area contributed by atoms with Crippen molar-refractivity contribution >= 4 is 22.4 Å². The lowest BCUT2D eigenvalue weighted by Gasteiger charge is -2.35. The molecule has 0 aliphatic carbocycles. The molecular formula is C29H29F2N5O2. The average molecular weight is 518 g/mol. The van der Waals surface area contributed by atoms with Crippen molar-refractivity contribution in [1.82, 2.24) is 14.5 Å². The number of rotatable bonds is 3. The third-order valence-corrected chi connectivity index (χ3v) is 7.62. The fourth-order valence-electron chi connectivity index (χ4n) is 5.80. The molecule has 2 aliphatic heterocycles. The average Bonchev–Trinajstić information content (AvgIpc) is 3.05. The van der Waals surface area contributed by atoms with Gasteiger partial charge in [0.15, 0.2) is 11.6 Å². The van der Waals surface area contributed by atoms with Gasteiger partial charge >= 0.3 is 5.69 Å². The highest BCUT2D eigenvalue weighted by Crippen LogP contribution is 2.45. The van der Waals surface area contributed by atoms with Crippen LogP contribution in [0, 0.1) is 18.6 Å². The van der Waals surface area contributed by atoms with Crippen LogP contribution in [0.1, 0.15) is 50.3 Å². The Morgan fingerprint density at radius 1 is 1.18 bits per heavy atom. The number of piperidine rings is 1. The maximum atomic E-state index is 16.3. The summed E-state index contributed by atoms with van der Waals surface area (Å²) >= 11 is 0. The Bertz CT molecular complexity index is 1630. The number of nitrogens with two attached hydrogens (primary N) is 1. The van der Waals surface area contributed by atoms with Crippen molar-refractivity contribution in [3.8, 4) is 22.6 Å². The van der Waals surface area contributed by atoms with E-state index >= 15 is 8.78 Å². The Morgan fingerprint density at radius 2 is 2.00 bits per heavy atom. The number of ether oxygens (including phenoxy) is 1. The predicted octanol–water partition coefficient (Wildman–Crippen LogP) is 5.49. The zero-order chi connectivity index (χ0) is 26.7. The van der Waals surface area contributed by atoms with Crippen molar-refractivity contribution in [3.05, 3.63) is 69.9 Å². The van der Waals surface area contributed by atoms with Crippen LogP contribution in [0.15, 0.2) is 41.3 Å². The molecule has 0 amide bonds. The van der Waals surface area contributed by atoms with Gasteiger partial charge in [0.05, 0.1) is 28.3 Å². The first-order valence-electron chi connectivity index (χ1n) is 13.0. The zero-order valence-corrected chi connectivity index (χ0v) is 21.6. The Labute approximate surface area is 218 Å². The monoisotopic (exact) mass is 517 g/mol. The number of nitrogen functional groups attached to an aromatic ring is 1. The number of fused-ring (bicyclic) bond motifs is 2. The van der Waals surface area contributed by atoms with Gasteiger partial charge in [0.2, 0.25) is 0 Å². The highest BCUT2D eigenvalue weighted by Gasteiger charge is 2.35. The number of nitrogens with zero attached hydrogens (tertiary/aromatic N) is 4. The third kappa shape index (κ3) is 3.63. The van der Waals surface area contributed by atoms with Gasteiger partial charge < -0.3 is 15.4 Å². The van der Waals surface area contributed by atoms with Crippen molar-refractivity contribution in [3.63, 3.8) is 0 Å². The Hall–Kier alpha value is -4.01. The standard InChI is InChI=1S/C29H29F2N5O2/c1-15(2)25-26(16(3)10-11-33-25)36-21-13-18(22-19(30)8-6-9-20(22)32)24(31)27-23(21)28(34-29(36)37)35-12-5-4-7-17(35)14-38-27/h6,8-11,13,15,17H,4-5,7,12,14,32H2,1-3H3/t17-/m1/s1. The van der Waals surface area contributed by atoms with E-state index in [1.54, 1.807) is 6.20 Å². The fourth-order valence-corrected chi connectivity index (χ4v) is 5.80. The Morgan fingerprint density at radius 3 is 2.76 bits per heavy atom. The topological polar surface area (TPSA) is 86.3 Å². The number of pyridine rings is 1. The van der Waals surface area contributed by atoms with E-state index in [1.165, 1.54) is 28.8 Å². The second-order valence-corrected chi connectivity index (χ2v) is 10.4.